The Morgan fingerprint density at radius 1 is 1.38 bits per heavy atom. The lowest BCUT2D eigenvalue weighted by Crippen LogP contribution is -2.29. The molecule has 112 valence electrons. The molecule has 2 aromatic rings. The molecule has 0 saturated heterocycles. The second kappa shape index (κ2) is 6.92. The molecule has 0 aliphatic carbocycles. The molecule has 2 rings (SSSR count). The first kappa shape index (κ1) is 15.1. The van der Waals surface area contributed by atoms with Gasteiger partial charge in [-0.2, -0.15) is 0 Å². The number of aryl methyl sites for hydroxylation is 2. The molecule has 0 aliphatic heterocycles. The van der Waals surface area contributed by atoms with Gasteiger partial charge < -0.3 is 9.47 Å². The van der Waals surface area contributed by atoms with Crippen LogP contribution in [0, 0.1) is 0 Å². The third-order valence-electron chi connectivity index (χ3n) is 3.27. The predicted octanol–water partition coefficient (Wildman–Crippen LogP) is 1.31. The van der Waals surface area contributed by atoms with Crippen LogP contribution in [0.3, 0.4) is 0 Å². The number of nitrogens with zero attached hydrogens (tertiary/aromatic N) is 6. The van der Waals surface area contributed by atoms with Crippen LogP contribution in [0.25, 0.3) is 0 Å². The fourth-order valence-corrected chi connectivity index (χ4v) is 2.12. The van der Waals surface area contributed by atoms with Crippen molar-refractivity contribution in [2.75, 3.05) is 7.05 Å². The number of carbonyl (C=O) groups is 1. The van der Waals surface area contributed by atoms with Crippen molar-refractivity contribution in [2.45, 2.75) is 39.8 Å². The van der Waals surface area contributed by atoms with Gasteiger partial charge >= 0.3 is 0 Å². The summed E-state index contributed by atoms with van der Waals surface area (Å²) in [6, 6.07) is 0. The molecule has 2 aromatic heterocycles. The molecule has 0 fully saturated rings. The Hall–Kier alpha value is -2.31. The molecule has 0 saturated carbocycles. The number of amides is 1. The Labute approximate surface area is 124 Å². The Bertz CT molecular complexity index is 609. The highest BCUT2D eigenvalue weighted by molar-refractivity contribution is 5.94. The van der Waals surface area contributed by atoms with E-state index in [0.717, 1.165) is 30.9 Å². The molecule has 0 radical (unpaired) electrons. The van der Waals surface area contributed by atoms with Crippen molar-refractivity contribution in [1.82, 2.24) is 29.6 Å². The SMILES string of the molecule is CCCc1ncncc1C(=O)N(C)Cc1nncn1CC. The summed E-state index contributed by atoms with van der Waals surface area (Å²) in [5.41, 5.74) is 1.35. The zero-order chi connectivity index (χ0) is 15.2. The van der Waals surface area contributed by atoms with E-state index in [1.54, 1.807) is 24.5 Å². The van der Waals surface area contributed by atoms with Gasteiger partial charge in [0.25, 0.3) is 5.91 Å². The molecule has 2 heterocycles. The van der Waals surface area contributed by atoms with Crippen molar-refractivity contribution < 1.29 is 4.79 Å². The van der Waals surface area contributed by atoms with Crippen molar-refractivity contribution in [3.05, 3.63) is 35.9 Å². The molecule has 0 bridgehead atoms. The van der Waals surface area contributed by atoms with Crippen LogP contribution in [-0.2, 0) is 19.5 Å². The van der Waals surface area contributed by atoms with Gasteiger partial charge in [0.2, 0.25) is 0 Å². The first-order valence-electron chi connectivity index (χ1n) is 7.08. The molecule has 1 amide bonds. The Kier molecular flexibility index (Phi) is 4.97. The fourth-order valence-electron chi connectivity index (χ4n) is 2.12. The summed E-state index contributed by atoms with van der Waals surface area (Å²) >= 11 is 0. The number of carbonyl (C=O) groups excluding carboxylic acids is 1. The van der Waals surface area contributed by atoms with E-state index in [4.69, 9.17) is 0 Å². The molecule has 7 nitrogen and oxygen atoms in total. The third kappa shape index (κ3) is 3.42. The molecule has 0 aliphatic rings. The zero-order valence-electron chi connectivity index (χ0n) is 12.7. The molecule has 0 spiro atoms. The summed E-state index contributed by atoms with van der Waals surface area (Å²) in [7, 11) is 1.75. The minimum Gasteiger partial charge on any atom is -0.334 e. The van der Waals surface area contributed by atoms with Crippen LogP contribution in [0.5, 0.6) is 0 Å². The highest BCUT2D eigenvalue weighted by Crippen LogP contribution is 2.11. The van der Waals surface area contributed by atoms with Crippen LogP contribution in [0.1, 0.15) is 42.1 Å². The first-order valence-corrected chi connectivity index (χ1v) is 7.08. The van der Waals surface area contributed by atoms with E-state index in [1.807, 2.05) is 11.5 Å². The lowest BCUT2D eigenvalue weighted by atomic mass is 10.1. The van der Waals surface area contributed by atoms with Gasteiger partial charge in [-0.15, -0.1) is 10.2 Å². The van der Waals surface area contributed by atoms with Gasteiger partial charge in [0, 0.05) is 19.8 Å². The highest BCUT2D eigenvalue weighted by atomic mass is 16.2. The van der Waals surface area contributed by atoms with Gasteiger partial charge in [0.05, 0.1) is 17.8 Å². The highest BCUT2D eigenvalue weighted by Gasteiger charge is 2.18. The quantitative estimate of drug-likeness (QED) is 0.801. The lowest BCUT2D eigenvalue weighted by Gasteiger charge is -2.18. The van der Waals surface area contributed by atoms with Crippen LogP contribution in [-0.4, -0.2) is 42.6 Å². The number of rotatable bonds is 6. The summed E-state index contributed by atoms with van der Waals surface area (Å²) in [6.45, 7) is 5.26. The second-order valence-corrected chi connectivity index (χ2v) is 4.83. The smallest absolute Gasteiger partial charge is 0.257 e. The third-order valence-corrected chi connectivity index (χ3v) is 3.27. The maximum Gasteiger partial charge on any atom is 0.257 e. The molecule has 0 aromatic carbocycles. The van der Waals surface area contributed by atoms with E-state index in [1.165, 1.54) is 6.33 Å². The van der Waals surface area contributed by atoms with E-state index in [2.05, 4.69) is 27.1 Å². The van der Waals surface area contributed by atoms with E-state index in [0.29, 0.717) is 12.1 Å². The van der Waals surface area contributed by atoms with Crippen LogP contribution < -0.4 is 0 Å². The average Bonchev–Trinajstić information content (AvgIpc) is 2.94. The second-order valence-electron chi connectivity index (χ2n) is 4.83. The minimum absolute atomic E-state index is 0.0929. The van der Waals surface area contributed by atoms with Crippen LogP contribution in [0.2, 0.25) is 0 Å². The fraction of sp³-hybridized carbons (Fsp3) is 0.500. The Morgan fingerprint density at radius 3 is 2.90 bits per heavy atom. The van der Waals surface area contributed by atoms with Gasteiger partial charge in [-0.3, -0.25) is 4.79 Å². The first-order chi connectivity index (χ1) is 10.2. The molecule has 0 atom stereocenters. The summed E-state index contributed by atoms with van der Waals surface area (Å²) in [4.78, 5) is 22.4. The molecule has 0 N–H and O–H groups in total. The van der Waals surface area contributed by atoms with E-state index < -0.39 is 0 Å². The summed E-state index contributed by atoms with van der Waals surface area (Å²) < 4.78 is 1.91. The van der Waals surface area contributed by atoms with Crippen LogP contribution >= 0.6 is 0 Å². The van der Waals surface area contributed by atoms with Crippen LogP contribution in [0.4, 0.5) is 0 Å². The van der Waals surface area contributed by atoms with E-state index >= 15 is 0 Å². The van der Waals surface area contributed by atoms with Crippen molar-refractivity contribution in [3.8, 4) is 0 Å². The van der Waals surface area contributed by atoms with Crippen LogP contribution in [0.15, 0.2) is 18.9 Å². The normalized spacial score (nSPS) is 10.6. The van der Waals surface area contributed by atoms with E-state index in [9.17, 15) is 4.79 Å². The number of hydrogen-bond donors (Lipinski definition) is 0. The van der Waals surface area contributed by atoms with Crippen molar-refractivity contribution in [1.29, 1.82) is 0 Å². The Balaban J connectivity index is 2.16. The van der Waals surface area contributed by atoms with Crippen molar-refractivity contribution in [3.63, 3.8) is 0 Å². The average molecular weight is 288 g/mol. The van der Waals surface area contributed by atoms with Gasteiger partial charge in [-0.25, -0.2) is 9.97 Å². The number of hydrogen-bond acceptors (Lipinski definition) is 5. The summed E-state index contributed by atoms with van der Waals surface area (Å²) in [5, 5.41) is 7.93. The molecule has 0 unspecified atom stereocenters. The lowest BCUT2D eigenvalue weighted by molar-refractivity contribution is 0.0778. The van der Waals surface area contributed by atoms with Gasteiger partial charge in [0.1, 0.15) is 12.7 Å². The zero-order valence-corrected chi connectivity index (χ0v) is 12.7. The van der Waals surface area contributed by atoms with Gasteiger partial charge in [0.15, 0.2) is 5.82 Å². The van der Waals surface area contributed by atoms with Gasteiger partial charge in [-0.1, -0.05) is 13.3 Å². The predicted molar refractivity (Wildman–Crippen MR) is 77.5 cm³/mol. The van der Waals surface area contributed by atoms with Gasteiger partial charge in [-0.05, 0) is 13.3 Å². The van der Waals surface area contributed by atoms with Crippen molar-refractivity contribution >= 4 is 5.91 Å². The molecule has 21 heavy (non-hydrogen) atoms. The largest absolute Gasteiger partial charge is 0.334 e. The monoisotopic (exact) mass is 288 g/mol. The topological polar surface area (TPSA) is 76.8 Å². The molecular formula is C14H20N6O. The molecular weight excluding hydrogens is 268 g/mol. The standard InChI is InChI=1S/C14H20N6O/c1-4-6-12-11(7-15-9-16-12)14(21)19(3)8-13-18-17-10-20(13)5-2/h7,9-10H,4-6,8H2,1-3H3. The maximum absolute atomic E-state index is 12.6. The van der Waals surface area contributed by atoms with E-state index in [-0.39, 0.29) is 5.91 Å². The maximum atomic E-state index is 12.6. The molecule has 7 heteroatoms. The number of aromatic nitrogens is 5. The summed E-state index contributed by atoms with van der Waals surface area (Å²) in [5.74, 6) is 0.673. The Morgan fingerprint density at radius 2 is 2.19 bits per heavy atom. The summed E-state index contributed by atoms with van der Waals surface area (Å²) in [6.07, 6.45) is 6.44. The minimum atomic E-state index is -0.0929. The van der Waals surface area contributed by atoms with Crippen molar-refractivity contribution in [2.24, 2.45) is 0 Å².